The minimum absolute atomic E-state index is 0.0838. The van der Waals surface area contributed by atoms with Crippen LogP contribution in [0.2, 0.25) is 0 Å². The summed E-state index contributed by atoms with van der Waals surface area (Å²) in [6.45, 7) is 4.98. The fourth-order valence-electron chi connectivity index (χ4n) is 4.70. The van der Waals surface area contributed by atoms with Crippen LogP contribution in [0.15, 0.2) is 0 Å². The van der Waals surface area contributed by atoms with Crippen molar-refractivity contribution in [2.45, 2.75) is 63.5 Å². The maximum Gasteiger partial charge on any atom is 0.0729 e. The highest BCUT2D eigenvalue weighted by Crippen LogP contribution is 2.42. The van der Waals surface area contributed by atoms with Crippen LogP contribution in [0.4, 0.5) is 0 Å². The molecule has 3 fully saturated rings. The van der Waals surface area contributed by atoms with Gasteiger partial charge in [0.15, 0.2) is 0 Å². The molecule has 2 heterocycles. The molecule has 3 rings (SSSR count). The van der Waals surface area contributed by atoms with E-state index >= 15 is 0 Å². The van der Waals surface area contributed by atoms with Gasteiger partial charge in [-0.1, -0.05) is 13.3 Å². The van der Waals surface area contributed by atoms with Gasteiger partial charge in [-0.25, -0.2) is 0 Å². The van der Waals surface area contributed by atoms with Gasteiger partial charge < -0.3 is 9.47 Å². The first-order valence-electron chi connectivity index (χ1n) is 8.40. The molecule has 1 spiro atoms. The highest BCUT2D eigenvalue weighted by atomic mass is 16.5. The summed E-state index contributed by atoms with van der Waals surface area (Å²) in [5.41, 5.74) is 3.25. The SMILES string of the molecule is CC1CCC(C(NN)C2CCOC3(CCOCC3)C2)C1. The summed E-state index contributed by atoms with van der Waals surface area (Å²) in [7, 11) is 0. The van der Waals surface area contributed by atoms with Gasteiger partial charge in [-0.15, -0.1) is 0 Å². The van der Waals surface area contributed by atoms with Crippen molar-refractivity contribution in [1.29, 1.82) is 0 Å². The topological polar surface area (TPSA) is 56.5 Å². The van der Waals surface area contributed by atoms with E-state index in [1.807, 2.05) is 0 Å². The number of nitrogens with two attached hydrogens (primary N) is 1. The Hall–Kier alpha value is -0.160. The van der Waals surface area contributed by atoms with E-state index in [1.165, 1.54) is 19.3 Å². The van der Waals surface area contributed by atoms with Crippen molar-refractivity contribution in [2.75, 3.05) is 19.8 Å². The molecule has 2 aliphatic heterocycles. The highest BCUT2D eigenvalue weighted by molar-refractivity contribution is 4.95. The fraction of sp³-hybridized carbons (Fsp3) is 1.00. The average Bonchev–Trinajstić information content (AvgIpc) is 2.87. The molecular formula is C16H30N2O2. The van der Waals surface area contributed by atoms with E-state index < -0.39 is 0 Å². The van der Waals surface area contributed by atoms with Gasteiger partial charge in [0.1, 0.15) is 0 Å². The second-order valence-electron chi connectivity index (χ2n) is 7.27. The van der Waals surface area contributed by atoms with Crippen molar-refractivity contribution in [3.05, 3.63) is 0 Å². The lowest BCUT2D eigenvalue weighted by Gasteiger charge is -2.46. The first-order chi connectivity index (χ1) is 9.72. The minimum Gasteiger partial charge on any atom is -0.381 e. The summed E-state index contributed by atoms with van der Waals surface area (Å²) >= 11 is 0. The first-order valence-corrected chi connectivity index (χ1v) is 8.40. The zero-order valence-corrected chi connectivity index (χ0v) is 12.8. The van der Waals surface area contributed by atoms with Crippen LogP contribution in [0.1, 0.15) is 51.9 Å². The van der Waals surface area contributed by atoms with Gasteiger partial charge in [0.05, 0.1) is 5.60 Å². The molecule has 4 unspecified atom stereocenters. The largest absolute Gasteiger partial charge is 0.381 e. The Morgan fingerprint density at radius 3 is 2.55 bits per heavy atom. The Bertz CT molecular complexity index is 312. The van der Waals surface area contributed by atoms with Crippen molar-refractivity contribution < 1.29 is 9.47 Å². The van der Waals surface area contributed by atoms with E-state index in [1.54, 1.807) is 0 Å². The Labute approximate surface area is 122 Å². The highest BCUT2D eigenvalue weighted by Gasteiger charge is 2.43. The second kappa shape index (κ2) is 6.30. The van der Waals surface area contributed by atoms with Gasteiger partial charge in [-0.05, 0) is 56.3 Å². The third kappa shape index (κ3) is 3.03. The van der Waals surface area contributed by atoms with Crippen LogP contribution in [0, 0.1) is 17.8 Å². The van der Waals surface area contributed by atoms with E-state index in [-0.39, 0.29) is 5.60 Å². The van der Waals surface area contributed by atoms with Gasteiger partial charge in [0, 0.05) is 25.9 Å². The normalized spacial score (nSPS) is 39.0. The van der Waals surface area contributed by atoms with Crippen molar-refractivity contribution in [2.24, 2.45) is 23.6 Å². The fourth-order valence-corrected chi connectivity index (χ4v) is 4.70. The maximum atomic E-state index is 6.17. The lowest BCUT2D eigenvalue weighted by Crippen LogP contribution is -2.52. The Kier molecular flexibility index (Phi) is 4.65. The minimum atomic E-state index is 0.0838. The molecule has 0 aromatic heterocycles. The van der Waals surface area contributed by atoms with E-state index in [2.05, 4.69) is 12.3 Å². The molecule has 116 valence electrons. The average molecular weight is 282 g/mol. The summed E-state index contributed by atoms with van der Waals surface area (Å²) in [5.74, 6) is 8.23. The van der Waals surface area contributed by atoms with Gasteiger partial charge in [-0.2, -0.15) is 0 Å². The van der Waals surface area contributed by atoms with E-state index in [4.69, 9.17) is 15.3 Å². The predicted octanol–water partition coefficient (Wildman–Crippen LogP) is 2.23. The zero-order chi connectivity index (χ0) is 14.0. The van der Waals surface area contributed by atoms with Gasteiger partial charge >= 0.3 is 0 Å². The third-order valence-electron chi connectivity index (χ3n) is 5.88. The van der Waals surface area contributed by atoms with Crippen LogP contribution in [0.3, 0.4) is 0 Å². The second-order valence-corrected chi connectivity index (χ2v) is 7.27. The molecule has 3 aliphatic rings. The lowest BCUT2D eigenvalue weighted by molar-refractivity contribution is -0.151. The van der Waals surface area contributed by atoms with Gasteiger partial charge in [0.25, 0.3) is 0 Å². The molecule has 2 saturated heterocycles. The van der Waals surface area contributed by atoms with Gasteiger partial charge in [0.2, 0.25) is 0 Å². The number of nitrogens with one attached hydrogen (secondary N) is 1. The molecule has 0 amide bonds. The molecule has 4 atom stereocenters. The molecule has 3 N–H and O–H groups in total. The molecule has 0 aromatic carbocycles. The Morgan fingerprint density at radius 2 is 1.90 bits per heavy atom. The van der Waals surface area contributed by atoms with Crippen LogP contribution in [0.25, 0.3) is 0 Å². The van der Waals surface area contributed by atoms with Crippen LogP contribution >= 0.6 is 0 Å². The van der Waals surface area contributed by atoms with E-state index in [0.29, 0.717) is 12.0 Å². The maximum absolute atomic E-state index is 6.17. The molecule has 0 bridgehead atoms. The summed E-state index contributed by atoms with van der Waals surface area (Å²) in [4.78, 5) is 0. The molecule has 0 radical (unpaired) electrons. The standard InChI is InChI=1S/C16H30N2O2/c1-12-2-3-13(10-12)15(18-17)14-4-7-20-16(11-14)5-8-19-9-6-16/h12-15,18H,2-11,17H2,1H3. The monoisotopic (exact) mass is 282 g/mol. The van der Waals surface area contributed by atoms with Crippen LogP contribution in [-0.2, 0) is 9.47 Å². The number of ether oxygens (including phenoxy) is 2. The Balaban J connectivity index is 1.65. The number of hydrogen-bond acceptors (Lipinski definition) is 4. The zero-order valence-electron chi connectivity index (χ0n) is 12.8. The molecule has 1 saturated carbocycles. The van der Waals surface area contributed by atoms with E-state index in [9.17, 15) is 0 Å². The van der Waals surface area contributed by atoms with Crippen molar-refractivity contribution >= 4 is 0 Å². The predicted molar refractivity (Wildman–Crippen MR) is 79.1 cm³/mol. The van der Waals surface area contributed by atoms with Gasteiger partial charge in [-0.3, -0.25) is 11.3 Å². The third-order valence-corrected chi connectivity index (χ3v) is 5.88. The number of hydrogen-bond donors (Lipinski definition) is 2. The summed E-state index contributed by atoms with van der Waals surface area (Å²) in [6, 6.07) is 0.476. The van der Waals surface area contributed by atoms with Crippen LogP contribution in [-0.4, -0.2) is 31.5 Å². The number of rotatable bonds is 3. The van der Waals surface area contributed by atoms with Crippen molar-refractivity contribution in [3.63, 3.8) is 0 Å². The van der Waals surface area contributed by atoms with Crippen molar-refractivity contribution in [1.82, 2.24) is 5.43 Å². The molecular weight excluding hydrogens is 252 g/mol. The lowest BCUT2D eigenvalue weighted by atomic mass is 9.74. The Morgan fingerprint density at radius 1 is 1.10 bits per heavy atom. The van der Waals surface area contributed by atoms with Crippen LogP contribution < -0.4 is 11.3 Å². The molecule has 0 aromatic rings. The first kappa shape index (κ1) is 14.8. The number of hydrazine groups is 1. The van der Waals surface area contributed by atoms with E-state index in [0.717, 1.165) is 57.3 Å². The molecule has 4 nitrogen and oxygen atoms in total. The van der Waals surface area contributed by atoms with Crippen LogP contribution in [0.5, 0.6) is 0 Å². The summed E-state index contributed by atoms with van der Waals surface area (Å²) in [6.07, 6.45) is 8.47. The smallest absolute Gasteiger partial charge is 0.0729 e. The molecule has 4 heteroatoms. The molecule has 1 aliphatic carbocycles. The summed E-state index contributed by atoms with van der Waals surface area (Å²) < 4.78 is 11.7. The molecule has 20 heavy (non-hydrogen) atoms. The van der Waals surface area contributed by atoms with Crippen molar-refractivity contribution in [3.8, 4) is 0 Å². The summed E-state index contributed by atoms with van der Waals surface area (Å²) in [5, 5.41) is 0. The quantitative estimate of drug-likeness (QED) is 0.615.